The van der Waals surface area contributed by atoms with Crippen LogP contribution in [0.3, 0.4) is 0 Å². The van der Waals surface area contributed by atoms with Crippen molar-refractivity contribution in [3.63, 3.8) is 0 Å². The molecule has 1 amide bonds. The summed E-state index contributed by atoms with van der Waals surface area (Å²) >= 11 is 1.76. The first kappa shape index (κ1) is 15.4. The Morgan fingerprint density at radius 1 is 1.27 bits per heavy atom. The summed E-state index contributed by atoms with van der Waals surface area (Å²) in [5, 5.41) is 4.24. The highest BCUT2D eigenvalue weighted by atomic mass is 32.1. The molecule has 4 nitrogen and oxygen atoms in total. The maximum atomic E-state index is 12.0. The number of hydrogen-bond acceptors (Lipinski definition) is 4. The Morgan fingerprint density at radius 3 is 2.86 bits per heavy atom. The number of nitrogens with one attached hydrogen (secondary N) is 1. The Labute approximate surface area is 135 Å². The SMILES string of the molecule is NCCCCCCC(=O)Nc1ccc2nc(C3CC3)sc2c1. The van der Waals surface area contributed by atoms with E-state index in [4.69, 9.17) is 5.73 Å². The van der Waals surface area contributed by atoms with Gasteiger partial charge in [0.2, 0.25) is 5.91 Å². The monoisotopic (exact) mass is 317 g/mol. The van der Waals surface area contributed by atoms with Gasteiger partial charge in [-0.3, -0.25) is 4.79 Å². The van der Waals surface area contributed by atoms with Crippen molar-refractivity contribution >= 4 is 33.1 Å². The summed E-state index contributed by atoms with van der Waals surface area (Å²) in [5.41, 5.74) is 7.39. The van der Waals surface area contributed by atoms with E-state index >= 15 is 0 Å². The first-order chi connectivity index (χ1) is 10.8. The molecule has 5 heteroatoms. The lowest BCUT2D eigenvalue weighted by Gasteiger charge is -2.05. The van der Waals surface area contributed by atoms with Crippen LogP contribution >= 0.6 is 11.3 Å². The quantitative estimate of drug-likeness (QED) is 0.723. The largest absolute Gasteiger partial charge is 0.330 e. The molecule has 1 heterocycles. The van der Waals surface area contributed by atoms with Gasteiger partial charge in [-0.25, -0.2) is 4.98 Å². The average molecular weight is 317 g/mol. The molecular formula is C17H23N3OS. The smallest absolute Gasteiger partial charge is 0.224 e. The second kappa shape index (κ2) is 7.20. The number of benzene rings is 1. The van der Waals surface area contributed by atoms with Crippen LogP contribution in [0.1, 0.15) is 55.9 Å². The third-order valence-corrected chi connectivity index (χ3v) is 5.15. The van der Waals surface area contributed by atoms with Gasteiger partial charge < -0.3 is 11.1 Å². The summed E-state index contributed by atoms with van der Waals surface area (Å²) in [4.78, 5) is 16.6. The Bertz CT molecular complexity index is 648. The Balaban J connectivity index is 1.53. The van der Waals surface area contributed by atoms with Crippen LogP contribution in [0, 0.1) is 0 Å². The van der Waals surface area contributed by atoms with Crippen molar-refractivity contribution < 1.29 is 4.79 Å². The third kappa shape index (κ3) is 4.05. The van der Waals surface area contributed by atoms with E-state index in [1.165, 1.54) is 22.5 Å². The van der Waals surface area contributed by atoms with E-state index in [1.54, 1.807) is 11.3 Å². The summed E-state index contributed by atoms with van der Waals surface area (Å²) < 4.78 is 1.17. The van der Waals surface area contributed by atoms with Gasteiger partial charge in [0.1, 0.15) is 0 Å². The van der Waals surface area contributed by atoms with Crippen LogP contribution in [0.2, 0.25) is 0 Å². The highest BCUT2D eigenvalue weighted by Crippen LogP contribution is 2.43. The molecule has 1 fully saturated rings. The molecule has 2 aromatic rings. The fraction of sp³-hybridized carbons (Fsp3) is 0.529. The fourth-order valence-electron chi connectivity index (χ4n) is 2.53. The molecular weight excluding hydrogens is 294 g/mol. The van der Waals surface area contributed by atoms with Crippen molar-refractivity contribution in [2.45, 2.75) is 50.9 Å². The molecule has 3 N–H and O–H groups in total. The summed E-state index contributed by atoms with van der Waals surface area (Å²) in [7, 11) is 0. The number of carbonyl (C=O) groups is 1. The second-order valence-electron chi connectivity index (χ2n) is 6.01. The van der Waals surface area contributed by atoms with Crippen molar-refractivity contribution in [2.24, 2.45) is 5.73 Å². The van der Waals surface area contributed by atoms with Crippen LogP contribution < -0.4 is 11.1 Å². The van der Waals surface area contributed by atoms with Gasteiger partial charge in [-0.05, 0) is 50.4 Å². The molecule has 0 bridgehead atoms. The predicted molar refractivity (Wildman–Crippen MR) is 92.4 cm³/mol. The van der Waals surface area contributed by atoms with Crippen LogP contribution in [0.5, 0.6) is 0 Å². The number of rotatable bonds is 8. The predicted octanol–water partition coefficient (Wildman–Crippen LogP) is 4.02. The average Bonchev–Trinajstić information content (AvgIpc) is 3.27. The number of thiazole rings is 1. The van der Waals surface area contributed by atoms with E-state index in [2.05, 4.69) is 10.3 Å². The maximum absolute atomic E-state index is 12.0. The molecule has 0 atom stereocenters. The molecule has 118 valence electrons. The molecule has 22 heavy (non-hydrogen) atoms. The van der Waals surface area contributed by atoms with Crippen molar-refractivity contribution in [1.29, 1.82) is 0 Å². The van der Waals surface area contributed by atoms with Crippen LogP contribution in [-0.4, -0.2) is 17.4 Å². The van der Waals surface area contributed by atoms with Gasteiger partial charge in [-0.15, -0.1) is 11.3 Å². The van der Waals surface area contributed by atoms with Gasteiger partial charge in [-0.2, -0.15) is 0 Å². The van der Waals surface area contributed by atoms with Crippen LogP contribution in [0.15, 0.2) is 18.2 Å². The second-order valence-corrected chi connectivity index (χ2v) is 7.07. The highest BCUT2D eigenvalue weighted by molar-refractivity contribution is 7.18. The molecule has 1 saturated carbocycles. The first-order valence-electron chi connectivity index (χ1n) is 8.16. The van der Waals surface area contributed by atoms with Crippen molar-refractivity contribution in [2.75, 3.05) is 11.9 Å². The topological polar surface area (TPSA) is 68.0 Å². The number of unbranched alkanes of at least 4 members (excludes halogenated alkanes) is 3. The number of carbonyl (C=O) groups excluding carboxylic acids is 1. The fourth-order valence-corrected chi connectivity index (χ4v) is 3.71. The van der Waals surface area contributed by atoms with E-state index in [0.717, 1.165) is 43.4 Å². The molecule has 1 aliphatic carbocycles. The van der Waals surface area contributed by atoms with Gasteiger partial charge in [0.15, 0.2) is 0 Å². The minimum absolute atomic E-state index is 0.0963. The van der Waals surface area contributed by atoms with E-state index in [-0.39, 0.29) is 5.91 Å². The van der Waals surface area contributed by atoms with Gasteiger partial charge in [0.05, 0.1) is 15.2 Å². The standard InChI is InChI=1S/C17H23N3OS/c18-10-4-2-1-3-5-16(21)19-13-8-9-14-15(11-13)22-17(20-14)12-6-7-12/h8-9,11-12H,1-7,10,18H2,(H,19,21). The molecule has 3 rings (SSSR count). The summed E-state index contributed by atoms with van der Waals surface area (Å²) in [5.74, 6) is 0.781. The lowest BCUT2D eigenvalue weighted by atomic mass is 10.1. The summed E-state index contributed by atoms with van der Waals surface area (Å²) in [6.45, 7) is 0.740. The number of fused-ring (bicyclic) bond motifs is 1. The molecule has 0 aliphatic heterocycles. The van der Waals surface area contributed by atoms with Gasteiger partial charge in [0.25, 0.3) is 0 Å². The molecule has 0 radical (unpaired) electrons. The number of nitrogens with zero attached hydrogens (tertiary/aromatic N) is 1. The highest BCUT2D eigenvalue weighted by Gasteiger charge is 2.26. The maximum Gasteiger partial charge on any atom is 0.224 e. The molecule has 1 aliphatic rings. The van der Waals surface area contributed by atoms with E-state index in [1.807, 2.05) is 18.2 Å². The number of nitrogens with two attached hydrogens (primary N) is 1. The van der Waals surface area contributed by atoms with E-state index in [0.29, 0.717) is 12.3 Å². The molecule has 0 saturated heterocycles. The van der Waals surface area contributed by atoms with E-state index < -0.39 is 0 Å². The van der Waals surface area contributed by atoms with Crippen molar-refractivity contribution in [3.05, 3.63) is 23.2 Å². The van der Waals surface area contributed by atoms with Crippen LogP contribution in [0.25, 0.3) is 10.2 Å². The van der Waals surface area contributed by atoms with Crippen LogP contribution in [0.4, 0.5) is 5.69 Å². The Morgan fingerprint density at radius 2 is 2.09 bits per heavy atom. The van der Waals surface area contributed by atoms with Crippen LogP contribution in [-0.2, 0) is 4.79 Å². The minimum Gasteiger partial charge on any atom is -0.330 e. The van der Waals surface area contributed by atoms with Gasteiger partial charge in [-0.1, -0.05) is 12.8 Å². The lowest BCUT2D eigenvalue weighted by molar-refractivity contribution is -0.116. The zero-order chi connectivity index (χ0) is 15.4. The normalized spacial score (nSPS) is 14.4. The zero-order valence-corrected chi connectivity index (χ0v) is 13.6. The van der Waals surface area contributed by atoms with Crippen molar-refractivity contribution in [1.82, 2.24) is 4.98 Å². The van der Waals surface area contributed by atoms with Crippen molar-refractivity contribution in [3.8, 4) is 0 Å². The number of amides is 1. The number of hydrogen-bond donors (Lipinski definition) is 2. The number of anilines is 1. The van der Waals surface area contributed by atoms with Gasteiger partial charge >= 0.3 is 0 Å². The minimum atomic E-state index is 0.0963. The summed E-state index contributed by atoms with van der Waals surface area (Å²) in [6, 6.07) is 6.00. The van der Waals surface area contributed by atoms with Gasteiger partial charge in [0, 0.05) is 18.0 Å². The lowest BCUT2D eigenvalue weighted by Crippen LogP contribution is -2.11. The molecule has 0 unspecified atom stereocenters. The Hall–Kier alpha value is -1.46. The molecule has 1 aromatic heterocycles. The molecule has 1 aromatic carbocycles. The third-order valence-electron chi connectivity index (χ3n) is 3.97. The first-order valence-corrected chi connectivity index (χ1v) is 8.98. The summed E-state index contributed by atoms with van der Waals surface area (Å²) in [6.07, 6.45) is 7.29. The number of aromatic nitrogens is 1. The Kier molecular flexibility index (Phi) is 5.05. The molecule has 0 spiro atoms. The zero-order valence-electron chi connectivity index (χ0n) is 12.8. The van der Waals surface area contributed by atoms with E-state index in [9.17, 15) is 4.79 Å².